The molecule has 2 N–H and O–H groups in total. The minimum absolute atomic E-state index is 0.0998. The standard InChI is InChI=1S/C25H46O3P/c1-6-7-8-9-10-11-12-13-14-15-16-17-20-29(26,27)28-24-19-18-22(2)21-23(24)25(3,4)5/h18-19,21,26-27H,6-17,20H2,1-5H3/q+1. The molecule has 0 saturated carbocycles. The Kier molecular flexibility index (Phi) is 12.4. The van der Waals surface area contributed by atoms with Crippen LogP contribution in [0.1, 0.15) is 116 Å². The van der Waals surface area contributed by atoms with Gasteiger partial charge in [-0.05, 0) is 31.2 Å². The first-order valence-electron chi connectivity index (χ1n) is 11.8. The molecule has 29 heavy (non-hydrogen) atoms. The van der Waals surface area contributed by atoms with E-state index in [4.69, 9.17) is 4.52 Å². The van der Waals surface area contributed by atoms with Gasteiger partial charge in [-0.1, -0.05) is 110 Å². The number of benzene rings is 1. The fourth-order valence-corrected chi connectivity index (χ4v) is 4.87. The minimum atomic E-state index is -3.36. The average molecular weight is 426 g/mol. The molecule has 168 valence electrons. The number of unbranched alkanes of at least 4 members (excludes halogenated alkanes) is 11. The maximum Gasteiger partial charge on any atom is 0.451 e. The Balaban J connectivity index is 2.23. The van der Waals surface area contributed by atoms with Crippen LogP contribution in [0, 0.1) is 6.92 Å². The number of hydrogen-bond acceptors (Lipinski definition) is 3. The molecule has 0 radical (unpaired) electrons. The summed E-state index contributed by atoms with van der Waals surface area (Å²) in [5.74, 6) is 0.611. The van der Waals surface area contributed by atoms with Gasteiger partial charge in [-0.2, -0.15) is 9.79 Å². The molecule has 0 amide bonds. The first-order valence-corrected chi connectivity index (χ1v) is 13.6. The summed E-state index contributed by atoms with van der Waals surface area (Å²) >= 11 is 0. The van der Waals surface area contributed by atoms with Crippen molar-refractivity contribution in [1.29, 1.82) is 0 Å². The van der Waals surface area contributed by atoms with Gasteiger partial charge in [0.2, 0.25) is 0 Å². The molecule has 0 fully saturated rings. The number of aryl methyl sites for hydroxylation is 1. The van der Waals surface area contributed by atoms with E-state index >= 15 is 0 Å². The molecule has 0 aliphatic rings. The molecule has 0 atom stereocenters. The Bertz CT molecular complexity index is 564. The van der Waals surface area contributed by atoms with Crippen LogP contribution in [-0.2, 0) is 5.41 Å². The predicted octanol–water partition coefficient (Wildman–Crippen LogP) is 8.12. The molecule has 4 heteroatoms. The highest BCUT2D eigenvalue weighted by Gasteiger charge is 2.38. The molecular formula is C25H46O3P+. The van der Waals surface area contributed by atoms with Gasteiger partial charge in [-0.3, -0.25) is 4.52 Å². The van der Waals surface area contributed by atoms with Crippen LogP contribution < -0.4 is 4.52 Å². The molecule has 1 aromatic rings. The first kappa shape index (κ1) is 26.4. The molecule has 3 nitrogen and oxygen atoms in total. The van der Waals surface area contributed by atoms with E-state index in [-0.39, 0.29) is 5.41 Å². The molecule has 0 heterocycles. The lowest BCUT2D eigenvalue weighted by Crippen LogP contribution is -2.15. The van der Waals surface area contributed by atoms with E-state index < -0.39 is 7.94 Å². The van der Waals surface area contributed by atoms with Crippen molar-refractivity contribution in [2.75, 3.05) is 6.16 Å². The molecule has 0 saturated heterocycles. The molecule has 0 spiro atoms. The SMILES string of the molecule is CCCCCCCCCCCCCC[P+](O)(O)Oc1ccc(C)cc1C(C)(C)C. The second kappa shape index (κ2) is 13.6. The third kappa shape index (κ3) is 12.0. The fraction of sp³-hybridized carbons (Fsp3) is 0.760. The summed E-state index contributed by atoms with van der Waals surface area (Å²) < 4.78 is 5.74. The maximum absolute atomic E-state index is 10.4. The highest BCUT2D eigenvalue weighted by molar-refractivity contribution is 7.60. The molecule has 1 aromatic carbocycles. The zero-order chi connectivity index (χ0) is 21.8. The van der Waals surface area contributed by atoms with Crippen molar-refractivity contribution in [2.45, 2.75) is 117 Å². The predicted molar refractivity (Wildman–Crippen MR) is 128 cm³/mol. The van der Waals surface area contributed by atoms with Crippen molar-refractivity contribution in [3.05, 3.63) is 29.3 Å². The van der Waals surface area contributed by atoms with Crippen LogP contribution in [0.15, 0.2) is 18.2 Å². The van der Waals surface area contributed by atoms with Crippen LogP contribution in [0.2, 0.25) is 0 Å². The van der Waals surface area contributed by atoms with Gasteiger partial charge < -0.3 is 0 Å². The maximum atomic E-state index is 10.4. The van der Waals surface area contributed by atoms with Crippen LogP contribution in [0.25, 0.3) is 0 Å². The average Bonchev–Trinajstić information content (AvgIpc) is 2.63. The van der Waals surface area contributed by atoms with Crippen molar-refractivity contribution < 1.29 is 14.3 Å². The molecular weight excluding hydrogens is 379 g/mol. The Morgan fingerprint density at radius 1 is 0.793 bits per heavy atom. The molecule has 0 aliphatic heterocycles. The number of rotatable bonds is 15. The highest BCUT2D eigenvalue weighted by Crippen LogP contribution is 2.53. The Morgan fingerprint density at radius 2 is 1.28 bits per heavy atom. The first-order chi connectivity index (χ1) is 13.7. The zero-order valence-electron chi connectivity index (χ0n) is 19.7. The van der Waals surface area contributed by atoms with Crippen molar-refractivity contribution in [3.63, 3.8) is 0 Å². The minimum Gasteiger partial charge on any atom is -0.287 e. The van der Waals surface area contributed by atoms with Gasteiger partial charge in [0, 0.05) is 5.56 Å². The van der Waals surface area contributed by atoms with Crippen LogP contribution >= 0.6 is 7.94 Å². The lowest BCUT2D eigenvalue weighted by atomic mass is 9.85. The van der Waals surface area contributed by atoms with Gasteiger partial charge >= 0.3 is 7.94 Å². The van der Waals surface area contributed by atoms with Crippen molar-refractivity contribution in [2.24, 2.45) is 0 Å². The van der Waals surface area contributed by atoms with Gasteiger partial charge in [0.1, 0.15) is 6.16 Å². The van der Waals surface area contributed by atoms with Crippen LogP contribution in [0.4, 0.5) is 0 Å². The van der Waals surface area contributed by atoms with E-state index in [2.05, 4.69) is 33.8 Å². The second-order valence-electron chi connectivity index (χ2n) is 9.62. The van der Waals surface area contributed by atoms with Crippen molar-refractivity contribution in [3.8, 4) is 5.75 Å². The summed E-state index contributed by atoms with van der Waals surface area (Å²) in [6.07, 6.45) is 15.5. The Labute approximate surface area is 180 Å². The molecule has 1 rings (SSSR count). The summed E-state index contributed by atoms with van der Waals surface area (Å²) in [5, 5.41) is 0. The molecule has 0 aliphatic carbocycles. The third-order valence-electron chi connectivity index (χ3n) is 5.49. The Hall–Kier alpha value is -0.630. The van der Waals surface area contributed by atoms with E-state index in [9.17, 15) is 9.79 Å². The third-order valence-corrected chi connectivity index (χ3v) is 6.88. The van der Waals surface area contributed by atoms with E-state index in [1.54, 1.807) is 0 Å². The van der Waals surface area contributed by atoms with Crippen LogP contribution in [0.5, 0.6) is 5.75 Å². The normalized spacial score (nSPS) is 12.4. The lowest BCUT2D eigenvalue weighted by molar-refractivity contribution is 0.332. The molecule has 0 bridgehead atoms. The summed E-state index contributed by atoms with van der Waals surface area (Å²) in [7, 11) is -3.36. The highest BCUT2D eigenvalue weighted by atomic mass is 31.2. The van der Waals surface area contributed by atoms with Gasteiger partial charge in [0.15, 0.2) is 5.75 Å². The summed E-state index contributed by atoms with van der Waals surface area (Å²) in [5.41, 5.74) is 2.08. The fourth-order valence-electron chi connectivity index (χ4n) is 3.67. The monoisotopic (exact) mass is 425 g/mol. The Morgan fingerprint density at radius 3 is 1.76 bits per heavy atom. The lowest BCUT2D eigenvalue weighted by Gasteiger charge is -2.23. The van der Waals surface area contributed by atoms with Gasteiger partial charge in [-0.15, -0.1) is 0 Å². The molecule has 0 aromatic heterocycles. The van der Waals surface area contributed by atoms with Gasteiger partial charge in [0.25, 0.3) is 0 Å². The van der Waals surface area contributed by atoms with E-state index in [0.717, 1.165) is 24.0 Å². The zero-order valence-corrected chi connectivity index (χ0v) is 20.6. The summed E-state index contributed by atoms with van der Waals surface area (Å²) in [6.45, 7) is 10.7. The topological polar surface area (TPSA) is 49.7 Å². The number of hydrogen-bond donors (Lipinski definition) is 2. The largest absolute Gasteiger partial charge is 0.451 e. The van der Waals surface area contributed by atoms with E-state index in [1.807, 2.05) is 19.1 Å². The second-order valence-corrected chi connectivity index (χ2v) is 11.6. The van der Waals surface area contributed by atoms with Crippen LogP contribution in [-0.4, -0.2) is 15.9 Å². The van der Waals surface area contributed by atoms with E-state index in [0.29, 0.717) is 11.9 Å². The smallest absolute Gasteiger partial charge is 0.287 e. The molecule has 0 unspecified atom stereocenters. The quantitative estimate of drug-likeness (QED) is 0.220. The van der Waals surface area contributed by atoms with Crippen molar-refractivity contribution >= 4 is 7.94 Å². The van der Waals surface area contributed by atoms with Crippen molar-refractivity contribution in [1.82, 2.24) is 0 Å². The summed E-state index contributed by atoms with van der Waals surface area (Å²) in [4.78, 5) is 20.9. The van der Waals surface area contributed by atoms with Gasteiger partial charge in [-0.25, -0.2) is 0 Å². The van der Waals surface area contributed by atoms with Crippen LogP contribution in [0.3, 0.4) is 0 Å². The summed E-state index contributed by atoms with van der Waals surface area (Å²) in [6, 6.07) is 5.92. The van der Waals surface area contributed by atoms with Gasteiger partial charge in [0.05, 0.1) is 0 Å². The van der Waals surface area contributed by atoms with E-state index in [1.165, 1.54) is 64.2 Å².